The molecule has 6 nitrogen and oxygen atoms in total. The number of aromatic nitrogens is 2. The van der Waals surface area contributed by atoms with E-state index >= 15 is 0 Å². The van der Waals surface area contributed by atoms with Crippen molar-refractivity contribution in [3.63, 3.8) is 0 Å². The third-order valence-corrected chi connectivity index (χ3v) is 4.61. The van der Waals surface area contributed by atoms with E-state index in [2.05, 4.69) is 4.98 Å². The Bertz CT molecular complexity index is 971. The van der Waals surface area contributed by atoms with Gasteiger partial charge in [-0.15, -0.1) is 0 Å². The number of nitrogens with one attached hydrogen (secondary N) is 1. The number of H-pyrrole nitrogens is 1. The van der Waals surface area contributed by atoms with Gasteiger partial charge in [-0.05, 0) is 30.2 Å². The summed E-state index contributed by atoms with van der Waals surface area (Å²) in [6.45, 7) is 3.46. The Morgan fingerprint density at radius 2 is 1.72 bits per heavy atom. The first kappa shape index (κ1) is 15.5. The Hall–Kier alpha value is -3.02. The minimum atomic E-state index is -0.262. The van der Waals surface area contributed by atoms with Crippen LogP contribution in [0.5, 0.6) is 0 Å². The molecule has 0 aliphatic carbocycles. The van der Waals surface area contributed by atoms with Gasteiger partial charge in [0.15, 0.2) is 0 Å². The molecule has 0 spiro atoms. The Labute approximate surface area is 144 Å². The van der Waals surface area contributed by atoms with Gasteiger partial charge in [0, 0.05) is 6.54 Å². The quantitative estimate of drug-likeness (QED) is 0.796. The Morgan fingerprint density at radius 1 is 1.04 bits per heavy atom. The predicted octanol–water partition coefficient (Wildman–Crippen LogP) is 2.72. The number of hydrogen-bond acceptors (Lipinski definition) is 3. The van der Waals surface area contributed by atoms with Crippen molar-refractivity contribution in [2.24, 2.45) is 0 Å². The molecule has 1 fully saturated rings. The van der Waals surface area contributed by atoms with Crippen LogP contribution >= 0.6 is 0 Å². The number of cyclic esters (lactones) is 1. The summed E-state index contributed by atoms with van der Waals surface area (Å²) in [5.41, 5.74) is 3.70. The summed E-state index contributed by atoms with van der Waals surface area (Å²) in [6, 6.07) is 15.7. The molecule has 1 aromatic heterocycles. The highest BCUT2D eigenvalue weighted by Gasteiger charge is 2.29. The van der Waals surface area contributed by atoms with Gasteiger partial charge in [0.05, 0.1) is 23.6 Å². The smallest absolute Gasteiger partial charge is 0.410 e. The van der Waals surface area contributed by atoms with E-state index in [0.717, 1.165) is 22.2 Å². The van der Waals surface area contributed by atoms with Gasteiger partial charge in [0.25, 0.3) is 0 Å². The number of nitrogens with zero attached hydrogens (tertiary/aromatic N) is 2. The Balaban J connectivity index is 1.53. The highest BCUT2D eigenvalue weighted by molar-refractivity contribution is 5.75. The van der Waals surface area contributed by atoms with Gasteiger partial charge in [-0.3, -0.25) is 9.47 Å². The van der Waals surface area contributed by atoms with E-state index in [-0.39, 0.29) is 17.8 Å². The molecule has 2 heterocycles. The highest BCUT2D eigenvalue weighted by Crippen LogP contribution is 2.17. The van der Waals surface area contributed by atoms with Crippen LogP contribution in [0.1, 0.15) is 18.1 Å². The van der Waals surface area contributed by atoms with Crippen molar-refractivity contribution in [2.45, 2.75) is 26.1 Å². The van der Waals surface area contributed by atoms with Gasteiger partial charge in [0.1, 0.15) is 6.61 Å². The molecule has 1 aliphatic rings. The number of carbonyl (C=O) groups excluding carboxylic acids is 1. The summed E-state index contributed by atoms with van der Waals surface area (Å²) in [5, 5.41) is 0. The van der Waals surface area contributed by atoms with Gasteiger partial charge in [-0.25, -0.2) is 9.59 Å². The van der Waals surface area contributed by atoms with Crippen LogP contribution in [0.25, 0.3) is 11.0 Å². The maximum Gasteiger partial charge on any atom is 0.410 e. The molecule has 0 unspecified atom stereocenters. The van der Waals surface area contributed by atoms with Crippen LogP contribution in [0.4, 0.5) is 4.79 Å². The summed E-state index contributed by atoms with van der Waals surface area (Å²) < 4.78 is 6.77. The molecular formula is C19H19N3O3. The molecule has 1 atom stereocenters. The van der Waals surface area contributed by atoms with E-state index in [1.165, 1.54) is 0 Å². The van der Waals surface area contributed by atoms with Gasteiger partial charge >= 0.3 is 11.8 Å². The summed E-state index contributed by atoms with van der Waals surface area (Å²) in [5.74, 6) is 0. The second-order valence-electron chi connectivity index (χ2n) is 6.40. The number of para-hydroxylation sites is 2. The molecule has 1 aliphatic heterocycles. The molecule has 1 saturated heterocycles. The highest BCUT2D eigenvalue weighted by atomic mass is 16.6. The van der Waals surface area contributed by atoms with Gasteiger partial charge in [-0.2, -0.15) is 0 Å². The summed E-state index contributed by atoms with van der Waals surface area (Å²) in [4.78, 5) is 28.4. The molecule has 2 aromatic carbocycles. The van der Waals surface area contributed by atoms with Crippen molar-refractivity contribution in [3.8, 4) is 0 Å². The standard InChI is InChI=1S/C19H19N3O3/c1-13-12-25-19(24)21(13)10-14-6-8-15(9-7-14)11-22-17-5-3-2-4-16(17)20-18(22)23/h2-9,13H,10-12H2,1H3,(H,20,23)/t13-/m0/s1. The monoisotopic (exact) mass is 337 g/mol. The second kappa shape index (κ2) is 6.12. The van der Waals surface area contributed by atoms with E-state index in [1.54, 1.807) is 9.47 Å². The number of imidazole rings is 1. The number of amides is 1. The van der Waals surface area contributed by atoms with Crippen molar-refractivity contribution in [1.82, 2.24) is 14.5 Å². The average molecular weight is 337 g/mol. The summed E-state index contributed by atoms with van der Waals surface area (Å²) >= 11 is 0. The van der Waals surface area contributed by atoms with Crippen LogP contribution in [0.3, 0.4) is 0 Å². The van der Waals surface area contributed by atoms with Crippen LogP contribution < -0.4 is 5.69 Å². The van der Waals surface area contributed by atoms with Crippen LogP contribution in [-0.2, 0) is 17.8 Å². The van der Waals surface area contributed by atoms with E-state index in [0.29, 0.717) is 19.7 Å². The Kier molecular flexibility index (Phi) is 3.80. The number of benzene rings is 2. The summed E-state index contributed by atoms with van der Waals surface area (Å²) in [7, 11) is 0. The van der Waals surface area contributed by atoms with Gasteiger partial charge < -0.3 is 9.72 Å². The number of fused-ring (bicyclic) bond motifs is 1. The van der Waals surface area contributed by atoms with Gasteiger partial charge in [0.2, 0.25) is 0 Å². The SMILES string of the molecule is C[C@H]1COC(=O)N1Cc1ccc(Cn2c(=O)[nH]c3ccccc32)cc1. The lowest BCUT2D eigenvalue weighted by atomic mass is 10.1. The van der Waals surface area contributed by atoms with E-state index < -0.39 is 0 Å². The molecule has 1 amide bonds. The van der Waals surface area contributed by atoms with Gasteiger partial charge in [-0.1, -0.05) is 36.4 Å². The van der Waals surface area contributed by atoms with E-state index in [4.69, 9.17) is 4.74 Å². The number of aromatic amines is 1. The number of ether oxygens (including phenoxy) is 1. The fourth-order valence-corrected chi connectivity index (χ4v) is 3.16. The minimum Gasteiger partial charge on any atom is -0.447 e. The molecule has 6 heteroatoms. The molecular weight excluding hydrogens is 318 g/mol. The van der Waals surface area contributed by atoms with Crippen LogP contribution in [0.2, 0.25) is 0 Å². The average Bonchev–Trinajstić information content (AvgIpc) is 3.10. The second-order valence-corrected chi connectivity index (χ2v) is 6.40. The molecule has 1 N–H and O–H groups in total. The van der Waals surface area contributed by atoms with Crippen LogP contribution in [0.15, 0.2) is 53.3 Å². The van der Waals surface area contributed by atoms with Crippen LogP contribution in [0, 0.1) is 0 Å². The largest absolute Gasteiger partial charge is 0.447 e. The fraction of sp³-hybridized carbons (Fsp3) is 0.263. The van der Waals surface area contributed by atoms with Crippen molar-refractivity contribution >= 4 is 17.1 Å². The first-order chi connectivity index (χ1) is 12.1. The van der Waals surface area contributed by atoms with Crippen molar-refractivity contribution in [3.05, 3.63) is 70.1 Å². The lowest BCUT2D eigenvalue weighted by molar-refractivity contribution is 0.156. The number of carbonyl (C=O) groups is 1. The first-order valence-electron chi connectivity index (χ1n) is 8.30. The van der Waals surface area contributed by atoms with Crippen molar-refractivity contribution < 1.29 is 9.53 Å². The normalized spacial score (nSPS) is 17.2. The van der Waals surface area contributed by atoms with Crippen molar-refractivity contribution in [1.29, 1.82) is 0 Å². The summed E-state index contributed by atoms with van der Waals surface area (Å²) in [6.07, 6.45) is -0.262. The zero-order valence-corrected chi connectivity index (χ0v) is 13.9. The molecule has 0 bridgehead atoms. The maximum atomic E-state index is 12.2. The first-order valence-corrected chi connectivity index (χ1v) is 8.30. The minimum absolute atomic E-state index is 0.0944. The molecule has 25 heavy (non-hydrogen) atoms. The maximum absolute atomic E-state index is 12.2. The predicted molar refractivity (Wildman–Crippen MR) is 94.5 cm³/mol. The lowest BCUT2D eigenvalue weighted by Crippen LogP contribution is -2.30. The molecule has 0 saturated carbocycles. The van der Waals surface area contributed by atoms with Crippen molar-refractivity contribution in [2.75, 3.05) is 6.61 Å². The van der Waals surface area contributed by atoms with Crippen LogP contribution in [-0.4, -0.2) is 33.2 Å². The third-order valence-electron chi connectivity index (χ3n) is 4.61. The van der Waals surface area contributed by atoms with E-state index in [9.17, 15) is 9.59 Å². The molecule has 3 aromatic rings. The lowest BCUT2D eigenvalue weighted by Gasteiger charge is -2.18. The number of rotatable bonds is 4. The molecule has 4 rings (SSSR count). The number of hydrogen-bond donors (Lipinski definition) is 1. The zero-order valence-electron chi connectivity index (χ0n) is 13.9. The Morgan fingerprint density at radius 3 is 2.40 bits per heavy atom. The zero-order chi connectivity index (χ0) is 17.4. The molecule has 0 radical (unpaired) electrons. The fourth-order valence-electron chi connectivity index (χ4n) is 3.16. The third kappa shape index (κ3) is 2.91. The van der Waals surface area contributed by atoms with E-state index in [1.807, 2.05) is 55.5 Å². The topological polar surface area (TPSA) is 67.3 Å². The molecule has 128 valence electrons.